The van der Waals surface area contributed by atoms with Crippen molar-refractivity contribution in [2.45, 2.75) is 38.6 Å². The molecule has 36 heavy (non-hydrogen) atoms. The summed E-state index contributed by atoms with van der Waals surface area (Å²) < 4.78 is 17.8. The second kappa shape index (κ2) is 9.22. The number of halogens is 1. The summed E-state index contributed by atoms with van der Waals surface area (Å²) in [5, 5.41) is 5.92. The summed E-state index contributed by atoms with van der Waals surface area (Å²) in [6.45, 7) is 3.70. The number of carbonyl (C=O) groups excluding carboxylic acids is 1. The molecule has 5 aromatic rings. The Morgan fingerprint density at radius 3 is 2.53 bits per heavy atom. The van der Waals surface area contributed by atoms with Crippen LogP contribution in [0.5, 0.6) is 0 Å². The molecule has 1 amide bonds. The number of hydrogen-bond donors (Lipinski definition) is 0. The maximum atomic E-state index is 14.1. The van der Waals surface area contributed by atoms with Crippen molar-refractivity contribution in [1.29, 1.82) is 0 Å². The lowest BCUT2D eigenvalue weighted by atomic mass is 10.1. The molecule has 0 radical (unpaired) electrons. The summed E-state index contributed by atoms with van der Waals surface area (Å²) in [6, 6.07) is 19.0. The molecule has 1 saturated heterocycles. The van der Waals surface area contributed by atoms with E-state index in [0.29, 0.717) is 22.6 Å². The minimum absolute atomic E-state index is 0.0670. The molecule has 3 aromatic heterocycles. The molecule has 6 rings (SSSR count). The number of imidazole rings is 1. The highest BCUT2D eigenvalue weighted by Gasteiger charge is 2.23. The van der Waals surface area contributed by atoms with Gasteiger partial charge in [-0.1, -0.05) is 43.2 Å². The maximum Gasteiger partial charge on any atom is 0.253 e. The van der Waals surface area contributed by atoms with Crippen LogP contribution >= 0.6 is 0 Å². The molecule has 1 aliphatic heterocycles. The minimum Gasteiger partial charge on any atom is -0.339 e. The summed E-state index contributed by atoms with van der Waals surface area (Å²) in [4.78, 5) is 19.9. The molecule has 1 fully saturated rings. The van der Waals surface area contributed by atoms with Gasteiger partial charge in [-0.25, -0.2) is 9.37 Å². The molecule has 0 spiro atoms. The zero-order chi connectivity index (χ0) is 24.6. The van der Waals surface area contributed by atoms with Gasteiger partial charge in [-0.3, -0.25) is 13.9 Å². The van der Waals surface area contributed by atoms with Crippen molar-refractivity contribution in [3.05, 3.63) is 90.0 Å². The van der Waals surface area contributed by atoms with Crippen LogP contribution in [0.3, 0.4) is 0 Å². The molecule has 0 bridgehead atoms. The second-order valence-corrected chi connectivity index (χ2v) is 9.54. The van der Waals surface area contributed by atoms with Gasteiger partial charge in [0.05, 0.1) is 23.4 Å². The summed E-state index contributed by atoms with van der Waals surface area (Å²) in [5.41, 5.74) is 4.72. The van der Waals surface area contributed by atoms with Crippen LogP contribution in [0.4, 0.5) is 4.39 Å². The Bertz CT molecular complexity index is 1550. The van der Waals surface area contributed by atoms with Gasteiger partial charge < -0.3 is 4.90 Å². The van der Waals surface area contributed by atoms with Crippen molar-refractivity contribution in [3.63, 3.8) is 0 Å². The predicted octanol–water partition coefficient (Wildman–Crippen LogP) is 6.12. The predicted molar refractivity (Wildman–Crippen MR) is 139 cm³/mol. The third kappa shape index (κ3) is 3.94. The van der Waals surface area contributed by atoms with Gasteiger partial charge in [0, 0.05) is 30.2 Å². The Morgan fingerprint density at radius 1 is 0.972 bits per heavy atom. The first-order valence-corrected chi connectivity index (χ1v) is 12.6. The Hall–Kier alpha value is -4.00. The third-order valence-electron chi connectivity index (χ3n) is 7.21. The number of nitrogens with zero attached hydrogens (tertiary/aromatic N) is 5. The monoisotopic (exact) mass is 481 g/mol. The van der Waals surface area contributed by atoms with Gasteiger partial charge in [-0.15, -0.1) is 0 Å². The number of likely N-dealkylation sites (tertiary alicyclic amines) is 1. The van der Waals surface area contributed by atoms with Crippen LogP contribution in [0.1, 0.15) is 54.6 Å². The maximum absolute atomic E-state index is 14.1. The van der Waals surface area contributed by atoms with Crippen LogP contribution in [-0.2, 0) is 0 Å². The summed E-state index contributed by atoms with van der Waals surface area (Å²) in [7, 11) is 0. The highest BCUT2D eigenvalue weighted by atomic mass is 19.1. The van der Waals surface area contributed by atoms with Crippen LogP contribution in [0.25, 0.3) is 27.9 Å². The Kier molecular flexibility index (Phi) is 5.76. The van der Waals surface area contributed by atoms with E-state index in [2.05, 4.69) is 24.0 Å². The number of pyridine rings is 1. The Balaban J connectivity index is 1.51. The molecule has 2 aromatic carbocycles. The number of aromatic nitrogens is 4. The van der Waals surface area contributed by atoms with Crippen molar-refractivity contribution < 1.29 is 9.18 Å². The SMILES string of the molecule is CC(c1ccccc1)n1nc(-c2cnc3ccc(F)cn23)c2ccc(C(=O)N3CCCCCC3)cc21. The first-order valence-electron chi connectivity index (χ1n) is 12.6. The normalized spacial score (nSPS) is 15.3. The number of rotatable bonds is 4. The lowest BCUT2D eigenvalue weighted by Crippen LogP contribution is -2.31. The van der Waals surface area contributed by atoms with Crippen LogP contribution < -0.4 is 0 Å². The highest BCUT2D eigenvalue weighted by molar-refractivity contribution is 6.01. The fourth-order valence-corrected chi connectivity index (χ4v) is 5.21. The van der Waals surface area contributed by atoms with E-state index in [1.807, 2.05) is 46.0 Å². The fraction of sp³-hybridized carbons (Fsp3) is 0.276. The van der Waals surface area contributed by atoms with Gasteiger partial charge in [-0.2, -0.15) is 5.10 Å². The molecular weight excluding hydrogens is 453 g/mol. The summed E-state index contributed by atoms with van der Waals surface area (Å²) in [5.74, 6) is -0.272. The van der Waals surface area contributed by atoms with Crippen LogP contribution in [0, 0.1) is 5.82 Å². The zero-order valence-electron chi connectivity index (χ0n) is 20.3. The Morgan fingerprint density at radius 2 is 1.75 bits per heavy atom. The molecule has 1 atom stereocenters. The van der Waals surface area contributed by atoms with Gasteiger partial charge in [-0.05, 0) is 55.7 Å². The average molecular weight is 482 g/mol. The van der Waals surface area contributed by atoms with Crippen molar-refractivity contribution in [1.82, 2.24) is 24.1 Å². The fourth-order valence-electron chi connectivity index (χ4n) is 5.21. The van der Waals surface area contributed by atoms with E-state index in [4.69, 9.17) is 5.10 Å². The molecular formula is C29H28FN5O. The molecule has 0 N–H and O–H groups in total. The number of fused-ring (bicyclic) bond motifs is 2. The van der Waals surface area contributed by atoms with E-state index < -0.39 is 0 Å². The number of benzene rings is 2. The standard InChI is InChI=1S/C29H28FN5O/c1-20(21-9-5-4-6-10-21)35-25-17-22(29(36)33-15-7-2-3-8-16-33)11-13-24(25)28(32-35)26-18-31-27-14-12-23(30)19-34(26)27/h4-6,9-14,17-20H,2-3,7-8,15-16H2,1H3. The molecule has 0 saturated carbocycles. The largest absolute Gasteiger partial charge is 0.339 e. The lowest BCUT2D eigenvalue weighted by Gasteiger charge is -2.20. The molecule has 0 aliphatic carbocycles. The van der Waals surface area contributed by atoms with Crippen molar-refractivity contribution >= 4 is 22.5 Å². The first kappa shape index (κ1) is 22.5. The van der Waals surface area contributed by atoms with Gasteiger partial charge in [0.15, 0.2) is 0 Å². The Labute approximate surface area is 209 Å². The second-order valence-electron chi connectivity index (χ2n) is 9.54. The van der Waals surface area contributed by atoms with Crippen molar-refractivity contribution in [2.75, 3.05) is 13.1 Å². The van der Waals surface area contributed by atoms with Gasteiger partial charge in [0.25, 0.3) is 5.91 Å². The third-order valence-corrected chi connectivity index (χ3v) is 7.21. The van der Waals surface area contributed by atoms with Crippen molar-refractivity contribution in [3.8, 4) is 11.4 Å². The summed E-state index contributed by atoms with van der Waals surface area (Å²) in [6.07, 6.45) is 7.60. The van der Waals surface area contributed by atoms with E-state index in [1.165, 1.54) is 25.1 Å². The average Bonchev–Trinajstić information content (AvgIpc) is 3.37. The number of amides is 1. The summed E-state index contributed by atoms with van der Waals surface area (Å²) >= 11 is 0. The van der Waals surface area contributed by atoms with E-state index in [-0.39, 0.29) is 17.8 Å². The van der Waals surface area contributed by atoms with Crippen molar-refractivity contribution in [2.24, 2.45) is 0 Å². The van der Waals surface area contributed by atoms with E-state index in [1.54, 1.807) is 16.7 Å². The molecule has 182 valence electrons. The zero-order valence-corrected chi connectivity index (χ0v) is 20.3. The molecule has 7 heteroatoms. The van der Waals surface area contributed by atoms with Gasteiger partial charge in [0.1, 0.15) is 17.2 Å². The first-order chi connectivity index (χ1) is 17.6. The number of hydrogen-bond acceptors (Lipinski definition) is 3. The molecule has 1 aliphatic rings. The van der Waals surface area contributed by atoms with E-state index in [9.17, 15) is 9.18 Å². The van der Waals surface area contributed by atoms with Gasteiger partial charge in [0.2, 0.25) is 0 Å². The highest BCUT2D eigenvalue weighted by Crippen LogP contribution is 2.33. The minimum atomic E-state index is -0.339. The lowest BCUT2D eigenvalue weighted by molar-refractivity contribution is 0.0762. The quantitative estimate of drug-likeness (QED) is 0.311. The van der Waals surface area contributed by atoms with Crippen LogP contribution in [0.15, 0.2) is 73.1 Å². The smallest absolute Gasteiger partial charge is 0.253 e. The molecule has 4 heterocycles. The van der Waals surface area contributed by atoms with E-state index in [0.717, 1.165) is 42.4 Å². The molecule has 1 unspecified atom stereocenters. The molecule has 6 nitrogen and oxygen atoms in total. The number of carbonyl (C=O) groups is 1. The topological polar surface area (TPSA) is 55.4 Å². The van der Waals surface area contributed by atoms with Gasteiger partial charge >= 0.3 is 0 Å². The van der Waals surface area contributed by atoms with E-state index >= 15 is 0 Å². The van der Waals surface area contributed by atoms with Crippen LogP contribution in [0.2, 0.25) is 0 Å². The van der Waals surface area contributed by atoms with Crippen LogP contribution in [-0.4, -0.2) is 43.1 Å².